The Kier molecular flexibility index (Phi) is 5.08. The number of aryl methyl sites for hydroxylation is 4. The molecule has 2 aromatic heterocycles. The number of imidazole rings is 1. The van der Waals surface area contributed by atoms with Gasteiger partial charge in [-0.15, -0.1) is 0 Å². The number of methoxy groups -OCH3 is 1. The second kappa shape index (κ2) is 7.95. The highest BCUT2D eigenvalue weighted by atomic mass is 16.5. The molecule has 1 N–H and O–H groups in total. The van der Waals surface area contributed by atoms with Crippen molar-refractivity contribution < 1.29 is 9.30 Å². The van der Waals surface area contributed by atoms with Crippen LogP contribution in [-0.4, -0.2) is 27.8 Å². The van der Waals surface area contributed by atoms with E-state index < -0.39 is 0 Å². The summed E-state index contributed by atoms with van der Waals surface area (Å²) >= 11 is 0. The third-order valence-corrected chi connectivity index (χ3v) is 6.50. The van der Waals surface area contributed by atoms with Gasteiger partial charge in [-0.2, -0.15) is 0 Å². The van der Waals surface area contributed by atoms with Gasteiger partial charge in [0.25, 0.3) is 5.56 Å². The molecule has 0 atom stereocenters. The predicted octanol–water partition coefficient (Wildman–Crippen LogP) is 2.53. The fourth-order valence-electron chi connectivity index (χ4n) is 4.65. The molecule has 33 heavy (non-hydrogen) atoms. The van der Waals surface area contributed by atoms with Gasteiger partial charge in [0.2, 0.25) is 11.2 Å². The van der Waals surface area contributed by atoms with Crippen LogP contribution in [0.15, 0.2) is 52.1 Å². The Morgan fingerprint density at radius 3 is 2.73 bits per heavy atom. The zero-order valence-corrected chi connectivity index (χ0v) is 19.4. The first-order valence-electron chi connectivity index (χ1n) is 11.1. The van der Waals surface area contributed by atoms with Gasteiger partial charge in [0.05, 0.1) is 26.7 Å². The summed E-state index contributed by atoms with van der Waals surface area (Å²) in [5.41, 5.74) is 4.55. The molecule has 0 spiro atoms. The van der Waals surface area contributed by atoms with E-state index in [1.165, 1.54) is 9.13 Å². The summed E-state index contributed by atoms with van der Waals surface area (Å²) in [7, 11) is 3.36. The number of anilines is 2. The Balaban J connectivity index is 1.69. The minimum absolute atomic E-state index is 0.245. The molecule has 8 heteroatoms. The van der Waals surface area contributed by atoms with Crippen LogP contribution in [0.2, 0.25) is 0 Å². The van der Waals surface area contributed by atoms with E-state index in [0.29, 0.717) is 17.7 Å². The van der Waals surface area contributed by atoms with E-state index in [2.05, 4.69) is 9.88 Å². The third-order valence-electron chi connectivity index (χ3n) is 6.50. The lowest BCUT2D eigenvalue weighted by Gasteiger charge is -2.22. The second-order valence-corrected chi connectivity index (χ2v) is 8.67. The van der Waals surface area contributed by atoms with E-state index in [4.69, 9.17) is 4.74 Å². The van der Waals surface area contributed by atoms with Crippen molar-refractivity contribution in [2.24, 2.45) is 7.05 Å². The number of nitrogens with zero attached hydrogens (tertiary/aromatic N) is 4. The second-order valence-electron chi connectivity index (χ2n) is 8.67. The number of aromatic nitrogens is 4. The Labute approximate surface area is 191 Å². The Morgan fingerprint density at radius 2 is 1.94 bits per heavy atom. The van der Waals surface area contributed by atoms with Crippen molar-refractivity contribution in [1.82, 2.24) is 14.1 Å². The first-order valence-corrected chi connectivity index (χ1v) is 11.1. The highest BCUT2D eigenvalue weighted by Gasteiger charge is 2.33. The predicted molar refractivity (Wildman–Crippen MR) is 128 cm³/mol. The molecule has 3 heterocycles. The number of nitrogens with one attached hydrogen (secondary N) is 1. The van der Waals surface area contributed by atoms with Crippen LogP contribution >= 0.6 is 0 Å². The number of aromatic amines is 1. The van der Waals surface area contributed by atoms with Crippen LogP contribution in [0.5, 0.6) is 5.75 Å². The molecule has 0 amide bonds. The van der Waals surface area contributed by atoms with E-state index >= 15 is 0 Å². The van der Waals surface area contributed by atoms with Gasteiger partial charge in [0.1, 0.15) is 11.4 Å². The van der Waals surface area contributed by atoms with E-state index in [-0.39, 0.29) is 17.8 Å². The monoisotopic (exact) mass is 446 g/mol. The lowest BCUT2D eigenvalue weighted by atomic mass is 10.1. The van der Waals surface area contributed by atoms with Crippen LogP contribution in [-0.2, 0) is 20.1 Å². The average molecular weight is 447 g/mol. The van der Waals surface area contributed by atoms with E-state index in [1.54, 1.807) is 14.2 Å². The normalized spacial score (nSPS) is 13.4. The van der Waals surface area contributed by atoms with Crippen molar-refractivity contribution in [2.75, 3.05) is 18.6 Å². The minimum atomic E-state index is -0.333. The number of ether oxygens (including phenoxy) is 1. The molecule has 0 saturated carbocycles. The first kappa shape index (κ1) is 21.1. The molecule has 0 aliphatic carbocycles. The minimum Gasteiger partial charge on any atom is -0.497 e. The van der Waals surface area contributed by atoms with Crippen molar-refractivity contribution in [3.63, 3.8) is 0 Å². The summed E-state index contributed by atoms with van der Waals surface area (Å²) in [4.78, 5) is 32.4. The van der Waals surface area contributed by atoms with Crippen molar-refractivity contribution in [1.29, 1.82) is 0 Å². The number of fused-ring (bicyclic) bond motifs is 3. The van der Waals surface area contributed by atoms with Gasteiger partial charge >= 0.3 is 11.6 Å². The van der Waals surface area contributed by atoms with Gasteiger partial charge in [0.15, 0.2) is 0 Å². The maximum Gasteiger partial charge on any atom is 0.364 e. The third kappa shape index (κ3) is 3.42. The fourth-order valence-corrected chi connectivity index (χ4v) is 4.65. The molecule has 0 radical (unpaired) electrons. The lowest BCUT2D eigenvalue weighted by molar-refractivity contribution is -0.663. The fraction of sp³-hybridized carbons (Fsp3) is 0.320. The quantitative estimate of drug-likeness (QED) is 0.489. The first-order chi connectivity index (χ1) is 15.9. The van der Waals surface area contributed by atoms with Crippen molar-refractivity contribution in [3.8, 4) is 5.75 Å². The molecule has 170 valence electrons. The summed E-state index contributed by atoms with van der Waals surface area (Å²) in [5, 5.41) is 0. The number of H-pyrrole nitrogens is 1. The molecule has 0 saturated heterocycles. The van der Waals surface area contributed by atoms with Crippen LogP contribution in [0.1, 0.15) is 23.1 Å². The topological polar surface area (TPSA) is 76.1 Å². The summed E-state index contributed by atoms with van der Waals surface area (Å²) in [6, 6.07) is 13.9. The van der Waals surface area contributed by atoms with Crippen LogP contribution in [0.4, 0.5) is 11.6 Å². The molecule has 4 aromatic rings. The summed E-state index contributed by atoms with van der Waals surface area (Å²) < 4.78 is 10.3. The molecule has 1 aliphatic heterocycles. The smallest absolute Gasteiger partial charge is 0.364 e. The summed E-state index contributed by atoms with van der Waals surface area (Å²) in [6.45, 7) is 5.76. The Bertz CT molecular complexity index is 1490. The summed E-state index contributed by atoms with van der Waals surface area (Å²) in [5.74, 6) is 1.56. The van der Waals surface area contributed by atoms with Crippen LogP contribution in [0.3, 0.4) is 0 Å². The molecule has 1 aliphatic rings. The zero-order valence-electron chi connectivity index (χ0n) is 19.4. The zero-order chi connectivity index (χ0) is 23.3. The molecular weight excluding hydrogens is 418 g/mol. The van der Waals surface area contributed by atoms with Gasteiger partial charge < -0.3 is 4.74 Å². The number of rotatable bonds is 4. The largest absolute Gasteiger partial charge is 0.497 e. The molecular formula is C25H28N5O3+. The van der Waals surface area contributed by atoms with Gasteiger partial charge in [-0.3, -0.25) is 13.9 Å². The standard InChI is InChI=1S/C25H27N5O3/c1-16-9-10-17(2)18(13-16)15-30-23(31)21-22(27(3)25(30)32)26-24-28(11-6-12-29(21)24)19-7-5-8-20(14-19)33-4/h5,7-10,13-14H,6,11-12,15H2,1-4H3/p+1. The van der Waals surface area contributed by atoms with Gasteiger partial charge in [-0.1, -0.05) is 29.8 Å². The van der Waals surface area contributed by atoms with E-state index in [0.717, 1.165) is 47.0 Å². The number of hydrogen-bond acceptors (Lipinski definition) is 4. The average Bonchev–Trinajstić information content (AvgIpc) is 3.22. The van der Waals surface area contributed by atoms with Crippen molar-refractivity contribution in [3.05, 3.63) is 80.0 Å². The van der Waals surface area contributed by atoms with E-state index in [1.807, 2.05) is 60.9 Å². The Hall–Kier alpha value is -3.81. The molecule has 0 unspecified atom stereocenters. The lowest BCUT2D eigenvalue weighted by Crippen LogP contribution is -2.49. The van der Waals surface area contributed by atoms with Gasteiger partial charge in [0, 0.05) is 19.5 Å². The highest BCUT2D eigenvalue weighted by Crippen LogP contribution is 2.28. The summed E-state index contributed by atoms with van der Waals surface area (Å²) in [6.07, 6.45) is 0.876. The maximum atomic E-state index is 13.6. The molecule has 5 rings (SSSR count). The van der Waals surface area contributed by atoms with Crippen LogP contribution in [0, 0.1) is 13.8 Å². The van der Waals surface area contributed by atoms with Gasteiger partial charge in [-0.05, 0) is 37.1 Å². The van der Waals surface area contributed by atoms with E-state index in [9.17, 15) is 9.59 Å². The Morgan fingerprint density at radius 1 is 1.12 bits per heavy atom. The van der Waals surface area contributed by atoms with Crippen LogP contribution in [0.25, 0.3) is 11.2 Å². The maximum absolute atomic E-state index is 13.6. The SMILES string of the molecule is COc1cccc(N2CCC[n+]3c2[nH]c2c3c(=O)n(Cc3cc(C)ccc3C)c(=O)n2C)c1. The van der Waals surface area contributed by atoms with Crippen molar-refractivity contribution >= 4 is 22.8 Å². The van der Waals surface area contributed by atoms with Crippen LogP contribution < -0.4 is 25.5 Å². The number of benzene rings is 2. The van der Waals surface area contributed by atoms with Crippen molar-refractivity contribution in [2.45, 2.75) is 33.4 Å². The number of hydrogen-bond donors (Lipinski definition) is 1. The highest BCUT2D eigenvalue weighted by molar-refractivity contribution is 5.70. The molecule has 0 bridgehead atoms. The van der Waals surface area contributed by atoms with Gasteiger partial charge in [-0.25, -0.2) is 19.2 Å². The molecule has 0 fully saturated rings. The molecule has 8 nitrogen and oxygen atoms in total. The molecule has 2 aromatic carbocycles.